The van der Waals surface area contributed by atoms with Crippen molar-refractivity contribution in [3.05, 3.63) is 11.7 Å². The second kappa shape index (κ2) is 7.64. The Kier molecular flexibility index (Phi) is 5.85. The van der Waals surface area contributed by atoms with Crippen LogP contribution in [-0.2, 0) is 14.3 Å². The van der Waals surface area contributed by atoms with E-state index in [9.17, 15) is 4.79 Å². The number of ether oxygens (including phenoxy) is 2. The highest BCUT2D eigenvalue weighted by Gasteiger charge is 2.29. The lowest BCUT2D eigenvalue weighted by atomic mass is 10.0. The summed E-state index contributed by atoms with van der Waals surface area (Å²) in [6, 6.07) is 0. The van der Waals surface area contributed by atoms with E-state index in [2.05, 4.69) is 10.1 Å². The Morgan fingerprint density at radius 3 is 3.05 bits per heavy atom. The van der Waals surface area contributed by atoms with Gasteiger partial charge in [0.25, 0.3) is 0 Å². The molecule has 112 valence electrons. The molecule has 6 nitrogen and oxygen atoms in total. The predicted octanol–water partition coefficient (Wildman–Crippen LogP) is 2.32. The molecule has 2 atom stereocenters. The zero-order valence-electron chi connectivity index (χ0n) is 11.8. The van der Waals surface area contributed by atoms with Crippen LogP contribution < -0.4 is 0 Å². The van der Waals surface area contributed by atoms with Crippen molar-refractivity contribution in [1.82, 2.24) is 10.1 Å². The molecule has 2 unspecified atom stereocenters. The fraction of sp³-hybridized carbons (Fsp3) is 0.769. The number of rotatable bonds is 6. The molecule has 2 heterocycles. The van der Waals surface area contributed by atoms with Crippen LogP contribution in [0.5, 0.6) is 0 Å². The van der Waals surface area contributed by atoms with Gasteiger partial charge < -0.3 is 14.0 Å². The van der Waals surface area contributed by atoms with Crippen molar-refractivity contribution < 1.29 is 18.8 Å². The van der Waals surface area contributed by atoms with E-state index in [1.807, 2.05) is 6.92 Å². The van der Waals surface area contributed by atoms with Crippen LogP contribution in [0.1, 0.15) is 50.4 Å². The lowest BCUT2D eigenvalue weighted by molar-refractivity contribution is -0.145. The van der Waals surface area contributed by atoms with Gasteiger partial charge in [-0.05, 0) is 13.3 Å². The maximum absolute atomic E-state index is 11.9. The Labute approximate surface area is 122 Å². The van der Waals surface area contributed by atoms with Crippen molar-refractivity contribution in [2.24, 2.45) is 0 Å². The van der Waals surface area contributed by atoms with Gasteiger partial charge in [-0.1, -0.05) is 18.5 Å². The summed E-state index contributed by atoms with van der Waals surface area (Å²) in [6.07, 6.45) is 1.34. The standard InChI is InChI=1S/C13H20N2O4S/c1-3-5-9(13(16)17-4-2)12-14-11(15-19-12)10-8-20-7-6-18-10/h9-10H,3-8H2,1-2H3. The van der Waals surface area contributed by atoms with Crippen molar-refractivity contribution in [1.29, 1.82) is 0 Å². The molecule has 7 heteroatoms. The third-order valence-corrected chi connectivity index (χ3v) is 4.00. The molecule has 1 aromatic heterocycles. The third-order valence-electron chi connectivity index (χ3n) is 3.01. The van der Waals surface area contributed by atoms with Gasteiger partial charge in [0.05, 0.1) is 13.2 Å². The highest BCUT2D eigenvalue weighted by molar-refractivity contribution is 7.99. The number of hydrogen-bond donors (Lipinski definition) is 0. The molecular formula is C13H20N2O4S. The minimum absolute atomic E-state index is 0.143. The van der Waals surface area contributed by atoms with E-state index in [1.54, 1.807) is 18.7 Å². The summed E-state index contributed by atoms with van der Waals surface area (Å²) in [5.41, 5.74) is 0. The zero-order chi connectivity index (χ0) is 14.4. The summed E-state index contributed by atoms with van der Waals surface area (Å²) in [4.78, 5) is 16.3. The van der Waals surface area contributed by atoms with Crippen molar-refractivity contribution in [3.63, 3.8) is 0 Å². The first-order valence-corrected chi connectivity index (χ1v) is 8.11. The molecule has 0 bridgehead atoms. The number of hydrogen-bond acceptors (Lipinski definition) is 7. The Morgan fingerprint density at radius 2 is 2.40 bits per heavy atom. The van der Waals surface area contributed by atoms with Crippen LogP contribution in [0.3, 0.4) is 0 Å². The van der Waals surface area contributed by atoms with Crippen molar-refractivity contribution in [3.8, 4) is 0 Å². The highest BCUT2D eigenvalue weighted by atomic mass is 32.2. The molecular weight excluding hydrogens is 280 g/mol. The molecule has 0 spiro atoms. The number of carbonyl (C=O) groups excluding carboxylic acids is 1. The lowest BCUT2D eigenvalue weighted by Gasteiger charge is -2.18. The number of thioether (sulfide) groups is 1. The molecule has 1 aromatic rings. The van der Waals surface area contributed by atoms with Crippen LogP contribution >= 0.6 is 11.8 Å². The van der Waals surface area contributed by atoms with Gasteiger partial charge in [-0.3, -0.25) is 4.79 Å². The molecule has 0 aliphatic carbocycles. The average Bonchev–Trinajstić information content (AvgIpc) is 2.95. The van der Waals surface area contributed by atoms with E-state index in [0.717, 1.165) is 17.9 Å². The van der Waals surface area contributed by atoms with E-state index < -0.39 is 5.92 Å². The normalized spacial score (nSPS) is 20.6. The summed E-state index contributed by atoms with van der Waals surface area (Å²) in [6.45, 7) is 4.83. The van der Waals surface area contributed by atoms with Gasteiger partial charge in [0.2, 0.25) is 11.7 Å². The quantitative estimate of drug-likeness (QED) is 0.746. The molecule has 1 fully saturated rings. The van der Waals surface area contributed by atoms with Crippen molar-refractivity contribution >= 4 is 17.7 Å². The van der Waals surface area contributed by atoms with Crippen LogP contribution in [0, 0.1) is 0 Å². The van der Waals surface area contributed by atoms with Gasteiger partial charge >= 0.3 is 5.97 Å². The van der Waals surface area contributed by atoms with E-state index in [-0.39, 0.29) is 12.1 Å². The van der Waals surface area contributed by atoms with Gasteiger partial charge in [-0.15, -0.1) is 0 Å². The van der Waals surface area contributed by atoms with Crippen LogP contribution in [0.4, 0.5) is 0 Å². The van der Waals surface area contributed by atoms with Gasteiger partial charge in [0.15, 0.2) is 0 Å². The minimum Gasteiger partial charge on any atom is -0.465 e. The number of carbonyl (C=O) groups is 1. The summed E-state index contributed by atoms with van der Waals surface area (Å²) in [5.74, 6) is 1.89. The number of esters is 1. The Bertz CT molecular complexity index is 432. The maximum Gasteiger partial charge on any atom is 0.318 e. The smallest absolute Gasteiger partial charge is 0.318 e. The molecule has 1 aliphatic heterocycles. The second-order valence-electron chi connectivity index (χ2n) is 4.52. The fourth-order valence-electron chi connectivity index (χ4n) is 2.03. The molecule has 0 radical (unpaired) electrons. The second-order valence-corrected chi connectivity index (χ2v) is 5.67. The number of nitrogens with zero attached hydrogens (tertiary/aromatic N) is 2. The van der Waals surface area contributed by atoms with Crippen LogP contribution in [0.2, 0.25) is 0 Å². The lowest BCUT2D eigenvalue weighted by Crippen LogP contribution is -2.18. The summed E-state index contributed by atoms with van der Waals surface area (Å²) < 4.78 is 15.9. The van der Waals surface area contributed by atoms with Crippen LogP contribution in [-0.4, -0.2) is 40.8 Å². The topological polar surface area (TPSA) is 74.5 Å². The van der Waals surface area contributed by atoms with E-state index >= 15 is 0 Å². The third kappa shape index (κ3) is 3.73. The first-order chi connectivity index (χ1) is 9.76. The monoisotopic (exact) mass is 300 g/mol. The summed E-state index contributed by atoms with van der Waals surface area (Å²) in [7, 11) is 0. The first-order valence-electron chi connectivity index (χ1n) is 6.95. The number of aromatic nitrogens is 2. The van der Waals surface area contributed by atoms with E-state index in [0.29, 0.717) is 31.3 Å². The minimum atomic E-state index is -0.475. The van der Waals surface area contributed by atoms with Gasteiger partial charge in [-0.2, -0.15) is 16.7 Å². The maximum atomic E-state index is 11.9. The molecule has 2 rings (SSSR count). The molecule has 0 saturated carbocycles. The Morgan fingerprint density at radius 1 is 1.55 bits per heavy atom. The van der Waals surface area contributed by atoms with E-state index in [4.69, 9.17) is 14.0 Å². The Balaban J connectivity index is 2.09. The van der Waals surface area contributed by atoms with Gasteiger partial charge in [-0.25, -0.2) is 0 Å². The molecule has 0 aromatic carbocycles. The molecule has 1 aliphatic rings. The highest BCUT2D eigenvalue weighted by Crippen LogP contribution is 2.27. The summed E-state index contributed by atoms with van der Waals surface area (Å²) >= 11 is 1.80. The van der Waals surface area contributed by atoms with Crippen molar-refractivity contribution in [2.75, 3.05) is 24.7 Å². The molecule has 20 heavy (non-hydrogen) atoms. The first kappa shape index (κ1) is 15.3. The van der Waals surface area contributed by atoms with Crippen molar-refractivity contribution in [2.45, 2.75) is 38.7 Å². The summed E-state index contributed by atoms with van der Waals surface area (Å²) in [5, 5.41) is 3.95. The van der Waals surface area contributed by atoms with Crippen LogP contribution in [0.15, 0.2) is 4.52 Å². The fourth-order valence-corrected chi connectivity index (χ4v) is 2.87. The molecule has 0 N–H and O–H groups in total. The predicted molar refractivity (Wildman–Crippen MR) is 74.6 cm³/mol. The Hall–Kier alpha value is -1.08. The van der Waals surface area contributed by atoms with Gasteiger partial charge in [0.1, 0.15) is 12.0 Å². The average molecular weight is 300 g/mol. The largest absolute Gasteiger partial charge is 0.465 e. The van der Waals surface area contributed by atoms with E-state index in [1.165, 1.54) is 0 Å². The molecule has 0 amide bonds. The SMILES string of the molecule is CCCC(C(=O)OCC)c1nc(C2CSCCO2)no1. The van der Waals surface area contributed by atoms with Crippen LogP contribution in [0.25, 0.3) is 0 Å². The van der Waals surface area contributed by atoms with Gasteiger partial charge in [0, 0.05) is 11.5 Å². The zero-order valence-corrected chi connectivity index (χ0v) is 12.6. The molecule has 1 saturated heterocycles.